The Morgan fingerprint density at radius 1 is 1.27 bits per heavy atom. The molecule has 1 unspecified atom stereocenters. The Morgan fingerprint density at radius 2 is 2.00 bits per heavy atom. The van der Waals surface area contributed by atoms with Crippen molar-refractivity contribution in [2.45, 2.75) is 46.1 Å². The lowest BCUT2D eigenvalue weighted by atomic mass is 10.1. The van der Waals surface area contributed by atoms with Crippen molar-refractivity contribution in [2.24, 2.45) is 0 Å². The van der Waals surface area contributed by atoms with E-state index in [1.54, 1.807) is 6.33 Å². The van der Waals surface area contributed by atoms with E-state index in [1.807, 2.05) is 0 Å². The normalized spacial score (nSPS) is 12.7. The molecule has 0 aliphatic carbocycles. The second kappa shape index (κ2) is 6.51. The molecule has 84 valence electrons. The first-order valence-corrected chi connectivity index (χ1v) is 5.79. The second-order valence-electron chi connectivity index (χ2n) is 3.91. The molecular formula is C12H21N3. The number of likely N-dealkylation sites (N-methyl/N-ethyl adjacent to an activating group) is 1. The Kier molecular flexibility index (Phi) is 5.26. The summed E-state index contributed by atoms with van der Waals surface area (Å²) in [5.41, 5.74) is 2.30. The molecule has 0 aliphatic heterocycles. The van der Waals surface area contributed by atoms with Crippen LogP contribution in [-0.4, -0.2) is 22.6 Å². The molecule has 0 aromatic carbocycles. The number of aryl methyl sites for hydroxylation is 1. The molecule has 15 heavy (non-hydrogen) atoms. The monoisotopic (exact) mass is 207 g/mol. The maximum Gasteiger partial charge on any atom is 0.115 e. The molecule has 1 rings (SSSR count). The van der Waals surface area contributed by atoms with Gasteiger partial charge in [0.2, 0.25) is 0 Å². The number of hydrogen-bond acceptors (Lipinski definition) is 3. The highest BCUT2D eigenvalue weighted by atomic mass is 14.9. The van der Waals surface area contributed by atoms with E-state index in [4.69, 9.17) is 0 Å². The summed E-state index contributed by atoms with van der Waals surface area (Å²) in [5.74, 6) is 0. The molecule has 0 aliphatic rings. The van der Waals surface area contributed by atoms with Gasteiger partial charge in [-0.3, -0.25) is 0 Å². The summed E-state index contributed by atoms with van der Waals surface area (Å²) in [6.07, 6.45) is 4.84. The zero-order valence-electron chi connectivity index (χ0n) is 9.95. The third kappa shape index (κ3) is 4.38. The van der Waals surface area contributed by atoms with Gasteiger partial charge in [-0.2, -0.15) is 0 Å². The van der Waals surface area contributed by atoms with Crippen molar-refractivity contribution in [2.75, 3.05) is 6.54 Å². The second-order valence-corrected chi connectivity index (χ2v) is 3.91. The molecule has 1 aromatic heterocycles. The van der Waals surface area contributed by atoms with Crippen LogP contribution in [0.3, 0.4) is 0 Å². The SMILES string of the molecule is CCCc1cc(CC(C)NCC)ncn1. The van der Waals surface area contributed by atoms with Crippen LogP contribution in [0, 0.1) is 0 Å². The Balaban J connectivity index is 2.56. The highest BCUT2D eigenvalue weighted by Gasteiger charge is 2.04. The van der Waals surface area contributed by atoms with Crippen LogP contribution in [0.15, 0.2) is 12.4 Å². The molecule has 3 nitrogen and oxygen atoms in total. The minimum absolute atomic E-state index is 0.486. The Hall–Kier alpha value is -0.960. The van der Waals surface area contributed by atoms with E-state index in [0.717, 1.165) is 37.2 Å². The summed E-state index contributed by atoms with van der Waals surface area (Å²) in [4.78, 5) is 8.54. The lowest BCUT2D eigenvalue weighted by Crippen LogP contribution is -2.28. The summed E-state index contributed by atoms with van der Waals surface area (Å²) in [6, 6.07) is 2.61. The molecule has 0 saturated heterocycles. The van der Waals surface area contributed by atoms with E-state index in [9.17, 15) is 0 Å². The average Bonchev–Trinajstić information content (AvgIpc) is 2.19. The van der Waals surface area contributed by atoms with E-state index >= 15 is 0 Å². The fraction of sp³-hybridized carbons (Fsp3) is 0.667. The lowest BCUT2D eigenvalue weighted by molar-refractivity contribution is 0.558. The van der Waals surface area contributed by atoms with Crippen molar-refractivity contribution >= 4 is 0 Å². The summed E-state index contributed by atoms with van der Waals surface area (Å²) in [6.45, 7) is 7.49. The number of hydrogen-bond donors (Lipinski definition) is 1. The van der Waals surface area contributed by atoms with E-state index in [2.05, 4.69) is 42.1 Å². The van der Waals surface area contributed by atoms with Gasteiger partial charge in [0.1, 0.15) is 6.33 Å². The third-order valence-corrected chi connectivity index (χ3v) is 2.35. The maximum absolute atomic E-state index is 4.29. The number of aromatic nitrogens is 2. The molecule has 0 saturated carbocycles. The molecule has 1 aromatic rings. The fourth-order valence-corrected chi connectivity index (χ4v) is 1.68. The minimum atomic E-state index is 0.486. The third-order valence-electron chi connectivity index (χ3n) is 2.35. The van der Waals surface area contributed by atoms with E-state index in [1.165, 1.54) is 0 Å². The van der Waals surface area contributed by atoms with Crippen LogP contribution in [-0.2, 0) is 12.8 Å². The first-order chi connectivity index (χ1) is 7.26. The van der Waals surface area contributed by atoms with Gasteiger partial charge in [-0.25, -0.2) is 9.97 Å². The maximum atomic E-state index is 4.29. The van der Waals surface area contributed by atoms with Crippen molar-refractivity contribution in [3.05, 3.63) is 23.8 Å². The van der Waals surface area contributed by atoms with E-state index < -0.39 is 0 Å². The highest BCUT2D eigenvalue weighted by Crippen LogP contribution is 2.03. The standard InChI is InChI=1S/C12H21N3/c1-4-6-11-8-12(15-9-14-11)7-10(3)13-5-2/h8-10,13H,4-7H2,1-3H3. The molecule has 0 radical (unpaired) electrons. The fourth-order valence-electron chi connectivity index (χ4n) is 1.68. The van der Waals surface area contributed by atoms with Gasteiger partial charge in [-0.15, -0.1) is 0 Å². The molecule has 1 heterocycles. The predicted octanol–water partition coefficient (Wildman–Crippen LogP) is 1.97. The zero-order chi connectivity index (χ0) is 11.1. The van der Waals surface area contributed by atoms with Crippen molar-refractivity contribution in [3.63, 3.8) is 0 Å². The first kappa shape index (κ1) is 12.1. The predicted molar refractivity (Wildman–Crippen MR) is 62.9 cm³/mol. The number of rotatable bonds is 6. The first-order valence-electron chi connectivity index (χ1n) is 5.79. The number of nitrogens with one attached hydrogen (secondary N) is 1. The molecular weight excluding hydrogens is 186 g/mol. The summed E-state index contributed by atoms with van der Waals surface area (Å²) >= 11 is 0. The van der Waals surface area contributed by atoms with Crippen LogP contribution >= 0.6 is 0 Å². The van der Waals surface area contributed by atoms with Gasteiger partial charge in [0, 0.05) is 23.9 Å². The zero-order valence-corrected chi connectivity index (χ0v) is 9.95. The van der Waals surface area contributed by atoms with Crippen molar-refractivity contribution in [1.29, 1.82) is 0 Å². The van der Waals surface area contributed by atoms with Crippen molar-refractivity contribution < 1.29 is 0 Å². The van der Waals surface area contributed by atoms with Gasteiger partial charge < -0.3 is 5.32 Å². The van der Waals surface area contributed by atoms with E-state index in [-0.39, 0.29) is 0 Å². The molecule has 0 spiro atoms. The Labute approximate surface area is 92.3 Å². The van der Waals surface area contributed by atoms with Crippen molar-refractivity contribution in [3.8, 4) is 0 Å². The van der Waals surface area contributed by atoms with Crippen LogP contribution in [0.25, 0.3) is 0 Å². The van der Waals surface area contributed by atoms with Crippen LogP contribution in [0.5, 0.6) is 0 Å². The van der Waals surface area contributed by atoms with Gasteiger partial charge in [-0.05, 0) is 26.0 Å². The number of nitrogens with zero attached hydrogens (tertiary/aromatic N) is 2. The smallest absolute Gasteiger partial charge is 0.115 e. The molecule has 3 heteroatoms. The summed E-state index contributed by atoms with van der Waals surface area (Å²) in [5, 5.41) is 3.39. The summed E-state index contributed by atoms with van der Waals surface area (Å²) < 4.78 is 0. The van der Waals surface area contributed by atoms with Crippen LogP contribution in [0.2, 0.25) is 0 Å². The Morgan fingerprint density at radius 3 is 2.67 bits per heavy atom. The average molecular weight is 207 g/mol. The molecule has 0 fully saturated rings. The lowest BCUT2D eigenvalue weighted by Gasteiger charge is -2.11. The Bertz CT molecular complexity index is 286. The van der Waals surface area contributed by atoms with Gasteiger partial charge >= 0.3 is 0 Å². The van der Waals surface area contributed by atoms with Crippen LogP contribution in [0.4, 0.5) is 0 Å². The quantitative estimate of drug-likeness (QED) is 0.775. The van der Waals surface area contributed by atoms with Crippen LogP contribution in [0.1, 0.15) is 38.6 Å². The molecule has 0 bridgehead atoms. The van der Waals surface area contributed by atoms with Gasteiger partial charge in [-0.1, -0.05) is 20.3 Å². The van der Waals surface area contributed by atoms with Gasteiger partial charge in [0.05, 0.1) is 0 Å². The highest BCUT2D eigenvalue weighted by molar-refractivity contribution is 5.09. The van der Waals surface area contributed by atoms with Crippen molar-refractivity contribution in [1.82, 2.24) is 15.3 Å². The largest absolute Gasteiger partial charge is 0.314 e. The van der Waals surface area contributed by atoms with Crippen LogP contribution < -0.4 is 5.32 Å². The summed E-state index contributed by atoms with van der Waals surface area (Å²) in [7, 11) is 0. The van der Waals surface area contributed by atoms with Gasteiger partial charge in [0.15, 0.2) is 0 Å². The van der Waals surface area contributed by atoms with Gasteiger partial charge in [0.25, 0.3) is 0 Å². The molecule has 1 atom stereocenters. The topological polar surface area (TPSA) is 37.8 Å². The molecule has 0 amide bonds. The van der Waals surface area contributed by atoms with E-state index in [0.29, 0.717) is 6.04 Å². The molecule has 1 N–H and O–H groups in total. The minimum Gasteiger partial charge on any atom is -0.314 e.